The van der Waals surface area contributed by atoms with E-state index in [0.29, 0.717) is 11.8 Å². The van der Waals surface area contributed by atoms with Crippen molar-refractivity contribution >= 4 is 5.84 Å². The van der Waals surface area contributed by atoms with Crippen molar-refractivity contribution in [2.24, 2.45) is 16.0 Å². The van der Waals surface area contributed by atoms with Crippen LogP contribution >= 0.6 is 0 Å². The van der Waals surface area contributed by atoms with E-state index < -0.39 is 0 Å². The lowest BCUT2D eigenvalue weighted by Gasteiger charge is -2.10. The minimum atomic E-state index is 0.277. The molecule has 0 aromatic carbocycles. The molecule has 0 saturated heterocycles. The Morgan fingerprint density at radius 1 is 1.36 bits per heavy atom. The van der Waals surface area contributed by atoms with Gasteiger partial charge in [0.15, 0.2) is 0 Å². The normalized spacial score (nSPS) is 15.2. The molecule has 0 spiro atoms. The molecule has 0 aromatic heterocycles. The number of amidine groups is 1. The smallest absolute Gasteiger partial charge is 0.145 e. The van der Waals surface area contributed by atoms with Crippen LogP contribution in [-0.2, 0) is 0 Å². The van der Waals surface area contributed by atoms with Crippen LogP contribution in [-0.4, -0.2) is 11.9 Å². The predicted octanol–water partition coefficient (Wildman–Crippen LogP) is 2.87. The fraction of sp³-hybridized carbons (Fsp3) is 0.875. The Labute approximate surface area is 68.4 Å². The van der Waals surface area contributed by atoms with Gasteiger partial charge in [0, 0.05) is 6.42 Å². The molecular formula is C8H17N3. The maximum Gasteiger partial charge on any atom is 0.145 e. The van der Waals surface area contributed by atoms with Crippen molar-refractivity contribution < 1.29 is 0 Å². The van der Waals surface area contributed by atoms with Gasteiger partial charge in [-0.2, -0.15) is 0 Å². The molecule has 0 saturated carbocycles. The first-order valence-corrected chi connectivity index (χ1v) is 4.06. The molecule has 0 aliphatic rings. The van der Waals surface area contributed by atoms with Crippen molar-refractivity contribution in [3.05, 3.63) is 0 Å². The average Bonchev–Trinajstić information content (AvgIpc) is 1.99. The number of hydrogen-bond donors (Lipinski definition) is 1. The molecule has 0 radical (unpaired) electrons. The van der Waals surface area contributed by atoms with Crippen molar-refractivity contribution in [2.75, 3.05) is 0 Å². The summed E-state index contributed by atoms with van der Waals surface area (Å²) in [7, 11) is 0. The molecule has 1 atom stereocenters. The molecule has 0 aliphatic carbocycles. The van der Waals surface area contributed by atoms with Gasteiger partial charge in [-0.15, -0.1) is 5.11 Å². The second-order valence-corrected chi connectivity index (χ2v) is 3.00. The fourth-order valence-electron chi connectivity index (χ4n) is 0.583. The lowest BCUT2D eigenvalue weighted by molar-refractivity contribution is 0.529. The highest BCUT2D eigenvalue weighted by Crippen LogP contribution is 2.06. The number of aliphatic imine (C=N–C) groups is 1. The van der Waals surface area contributed by atoms with E-state index in [4.69, 9.17) is 5.53 Å². The summed E-state index contributed by atoms with van der Waals surface area (Å²) in [5.41, 5.74) is 6.79. The zero-order valence-corrected chi connectivity index (χ0v) is 7.76. The highest BCUT2D eigenvalue weighted by atomic mass is 15.0. The molecule has 0 aliphatic heterocycles. The van der Waals surface area contributed by atoms with Crippen LogP contribution in [0.2, 0.25) is 0 Å². The Kier molecular flexibility index (Phi) is 4.66. The van der Waals surface area contributed by atoms with Gasteiger partial charge >= 0.3 is 0 Å². The number of nitrogens with zero attached hydrogens (tertiary/aromatic N) is 2. The van der Waals surface area contributed by atoms with Gasteiger partial charge < -0.3 is 0 Å². The zero-order chi connectivity index (χ0) is 8.85. The monoisotopic (exact) mass is 155 g/mol. The van der Waals surface area contributed by atoms with E-state index in [2.05, 4.69) is 24.0 Å². The molecule has 0 rings (SSSR count). The third-order valence-electron chi connectivity index (χ3n) is 1.76. The summed E-state index contributed by atoms with van der Waals surface area (Å²) in [6, 6.07) is 0.277. The molecule has 0 fully saturated rings. The maximum absolute atomic E-state index is 6.79. The minimum Gasteiger partial charge on any atom is -0.266 e. The first kappa shape index (κ1) is 10.3. The van der Waals surface area contributed by atoms with Crippen molar-refractivity contribution in [1.82, 2.24) is 0 Å². The lowest BCUT2D eigenvalue weighted by atomic mass is 10.1. The Morgan fingerprint density at radius 3 is 2.18 bits per heavy atom. The Hall–Kier alpha value is -0.730. The molecule has 3 heteroatoms. The third kappa shape index (κ3) is 3.86. The van der Waals surface area contributed by atoms with Crippen LogP contribution in [0.5, 0.6) is 0 Å². The topological polar surface area (TPSA) is 48.6 Å². The first-order valence-electron chi connectivity index (χ1n) is 4.06. The summed E-state index contributed by atoms with van der Waals surface area (Å²) >= 11 is 0. The molecule has 0 aromatic rings. The molecule has 64 valence electrons. The summed E-state index contributed by atoms with van der Waals surface area (Å²) in [6.45, 7) is 8.24. The van der Waals surface area contributed by atoms with Gasteiger partial charge in [-0.1, -0.05) is 20.8 Å². The molecule has 0 bridgehead atoms. The Morgan fingerprint density at radius 2 is 1.91 bits per heavy atom. The van der Waals surface area contributed by atoms with Crippen LogP contribution in [0, 0.1) is 11.4 Å². The van der Waals surface area contributed by atoms with Crippen molar-refractivity contribution in [1.29, 1.82) is 5.53 Å². The van der Waals surface area contributed by atoms with Gasteiger partial charge in [0.2, 0.25) is 0 Å². The van der Waals surface area contributed by atoms with Crippen LogP contribution in [0.4, 0.5) is 0 Å². The van der Waals surface area contributed by atoms with Crippen LogP contribution in [0.15, 0.2) is 10.1 Å². The largest absolute Gasteiger partial charge is 0.266 e. The molecule has 1 N–H and O–H groups in total. The fourth-order valence-corrected chi connectivity index (χ4v) is 0.583. The molecular weight excluding hydrogens is 138 g/mol. The van der Waals surface area contributed by atoms with Gasteiger partial charge in [-0.05, 0) is 12.8 Å². The highest BCUT2D eigenvalue weighted by molar-refractivity contribution is 5.82. The van der Waals surface area contributed by atoms with Gasteiger partial charge in [0.05, 0.1) is 6.04 Å². The van der Waals surface area contributed by atoms with E-state index in [9.17, 15) is 0 Å². The number of hydrogen-bond acceptors (Lipinski definition) is 2. The second kappa shape index (κ2) is 4.99. The van der Waals surface area contributed by atoms with Crippen LogP contribution in [0.3, 0.4) is 0 Å². The average molecular weight is 155 g/mol. The van der Waals surface area contributed by atoms with Gasteiger partial charge in [0.1, 0.15) is 5.84 Å². The van der Waals surface area contributed by atoms with Gasteiger partial charge in [0.25, 0.3) is 0 Å². The molecule has 0 heterocycles. The van der Waals surface area contributed by atoms with Crippen LogP contribution in [0.1, 0.15) is 34.1 Å². The first-order chi connectivity index (χ1) is 5.11. The summed E-state index contributed by atoms with van der Waals surface area (Å²) in [6.07, 6.45) is 0.751. The van der Waals surface area contributed by atoms with Gasteiger partial charge in [-0.3, -0.25) is 4.99 Å². The highest BCUT2D eigenvalue weighted by Gasteiger charge is 2.05. The summed E-state index contributed by atoms with van der Waals surface area (Å²) in [4.78, 5) is 4.28. The van der Waals surface area contributed by atoms with Crippen molar-refractivity contribution in [2.45, 2.75) is 40.2 Å². The van der Waals surface area contributed by atoms with E-state index in [0.717, 1.165) is 6.42 Å². The Bertz CT molecular complexity index is 149. The van der Waals surface area contributed by atoms with Crippen LogP contribution < -0.4 is 0 Å². The van der Waals surface area contributed by atoms with E-state index in [1.54, 1.807) is 0 Å². The van der Waals surface area contributed by atoms with Gasteiger partial charge in [-0.25, -0.2) is 5.53 Å². The maximum atomic E-state index is 6.79. The zero-order valence-electron chi connectivity index (χ0n) is 7.76. The van der Waals surface area contributed by atoms with Crippen molar-refractivity contribution in [3.8, 4) is 0 Å². The van der Waals surface area contributed by atoms with E-state index in [1.165, 1.54) is 0 Å². The lowest BCUT2D eigenvalue weighted by Crippen LogP contribution is -2.09. The summed E-state index contributed by atoms with van der Waals surface area (Å²) < 4.78 is 0. The molecule has 3 nitrogen and oxygen atoms in total. The number of rotatable bonds is 3. The van der Waals surface area contributed by atoms with E-state index >= 15 is 0 Å². The minimum absolute atomic E-state index is 0.277. The van der Waals surface area contributed by atoms with E-state index in [-0.39, 0.29) is 6.04 Å². The predicted molar refractivity (Wildman–Crippen MR) is 47.2 cm³/mol. The second-order valence-electron chi connectivity index (χ2n) is 3.00. The summed E-state index contributed by atoms with van der Waals surface area (Å²) in [5.74, 6) is 1.17. The SMILES string of the molecule is CC/C(N=N)=N/C(C)C(C)C. The van der Waals surface area contributed by atoms with E-state index in [1.807, 2.05) is 13.8 Å². The third-order valence-corrected chi connectivity index (χ3v) is 1.76. The molecule has 1 unspecified atom stereocenters. The van der Waals surface area contributed by atoms with Crippen molar-refractivity contribution in [3.63, 3.8) is 0 Å². The quantitative estimate of drug-likeness (QED) is 0.370. The molecule has 11 heavy (non-hydrogen) atoms. The van der Waals surface area contributed by atoms with Crippen LogP contribution in [0.25, 0.3) is 0 Å². The standard InChI is InChI=1S/C8H17N3/c1-5-8(11-9)10-7(4)6(2)3/h6-7,9H,5H2,1-4H3/b10-8-,11-9?. The Balaban J connectivity index is 4.14. The molecule has 0 amide bonds. The number of nitrogens with one attached hydrogen (secondary N) is 1. The summed E-state index contributed by atoms with van der Waals surface area (Å²) in [5, 5.41) is 3.33.